The third-order valence-corrected chi connectivity index (χ3v) is 16.1. The van der Waals surface area contributed by atoms with E-state index in [0.29, 0.717) is 0 Å². The molecule has 0 aromatic heterocycles. The predicted octanol–water partition coefficient (Wildman–Crippen LogP) is 7.99. The molecule has 63 heavy (non-hydrogen) atoms. The smallest absolute Gasteiger partial charge is 0.217 e. The molecule has 338 valence electrons. The first-order chi connectivity index (χ1) is 30.3. The molecule has 0 spiro atoms. The number of nitrogens with zero attached hydrogens (tertiary/aromatic N) is 3. The van der Waals surface area contributed by atoms with Gasteiger partial charge in [0.25, 0.3) is 0 Å². The number of aliphatic hydroxyl groups is 1. The summed E-state index contributed by atoms with van der Waals surface area (Å²) >= 11 is 0. The van der Waals surface area contributed by atoms with Crippen LogP contribution in [0.2, 0.25) is 18.1 Å². The maximum Gasteiger partial charge on any atom is 0.217 e. The minimum atomic E-state index is -2.55. The summed E-state index contributed by atoms with van der Waals surface area (Å²) in [6, 6.07) is 36.5. The normalized spacial score (nSPS) is 26.4. The second-order valence-electron chi connectivity index (χ2n) is 17.5. The summed E-state index contributed by atoms with van der Waals surface area (Å²) in [6.07, 6.45) is -8.47. The van der Waals surface area contributed by atoms with E-state index < -0.39 is 69.6 Å². The lowest BCUT2D eigenvalue weighted by Crippen LogP contribution is -2.69. The largest absolute Gasteiger partial charge is 0.391 e. The monoisotopic (exact) mass is 882 g/mol. The molecular weight excluding hydrogens is 821 g/mol. The van der Waals surface area contributed by atoms with Crippen molar-refractivity contribution in [3.63, 3.8) is 0 Å². The average Bonchev–Trinajstić information content (AvgIpc) is 3.26. The number of hydrogen-bond acceptors (Lipinski definition) is 11. The quantitative estimate of drug-likeness (QED) is 0.0384. The predicted molar refractivity (Wildman–Crippen MR) is 239 cm³/mol. The molecule has 4 aromatic carbocycles. The number of nitrogens with one attached hydrogen (secondary N) is 1. The number of carbonyl (C=O) groups is 1. The Balaban J connectivity index is 1.39. The Hall–Kier alpha value is -4.48. The lowest BCUT2D eigenvalue weighted by molar-refractivity contribution is -0.333. The van der Waals surface area contributed by atoms with Crippen LogP contribution in [0.5, 0.6) is 0 Å². The van der Waals surface area contributed by atoms with Gasteiger partial charge in [0.05, 0.1) is 45.7 Å². The fraction of sp³-hybridized carbons (Fsp3) is 0.479. The highest BCUT2D eigenvalue weighted by Gasteiger charge is 2.55. The lowest BCUT2D eigenvalue weighted by atomic mass is 9.94. The van der Waals surface area contributed by atoms with Gasteiger partial charge < -0.3 is 48.0 Å². The Morgan fingerprint density at radius 2 is 1.14 bits per heavy atom. The molecule has 4 aromatic rings. The van der Waals surface area contributed by atoms with Crippen LogP contribution in [0.3, 0.4) is 0 Å². The molecule has 2 fully saturated rings. The molecule has 10 atom stereocenters. The summed E-state index contributed by atoms with van der Waals surface area (Å²) in [5.74, 6) is -0.327. The van der Waals surface area contributed by atoms with Crippen molar-refractivity contribution in [3.8, 4) is 0 Å². The molecular formula is C48H62N4O10Si. The first-order valence-corrected chi connectivity index (χ1v) is 24.4. The van der Waals surface area contributed by atoms with E-state index in [4.69, 9.17) is 37.6 Å². The molecule has 2 aliphatic rings. The van der Waals surface area contributed by atoms with Crippen LogP contribution in [0.4, 0.5) is 0 Å². The summed E-state index contributed by atoms with van der Waals surface area (Å²) < 4.78 is 53.3. The van der Waals surface area contributed by atoms with Crippen molar-refractivity contribution in [3.05, 3.63) is 154 Å². The third-order valence-electron chi connectivity index (χ3n) is 11.7. The molecule has 2 saturated heterocycles. The van der Waals surface area contributed by atoms with E-state index in [1.54, 1.807) is 0 Å². The van der Waals surface area contributed by atoms with E-state index in [9.17, 15) is 15.4 Å². The molecule has 2 aliphatic heterocycles. The van der Waals surface area contributed by atoms with Crippen molar-refractivity contribution in [1.29, 1.82) is 0 Å². The zero-order valence-corrected chi connectivity index (χ0v) is 38.0. The summed E-state index contributed by atoms with van der Waals surface area (Å²) in [6.45, 7) is 12.8. The number of azide groups is 1. The number of hydrogen-bond donors (Lipinski definition) is 2. The van der Waals surface area contributed by atoms with Crippen molar-refractivity contribution in [2.75, 3.05) is 13.2 Å². The standard InChI is InChI=1S/C48H62N4O10Si/c1-33(53)50-40-45(58-30-37-25-17-10-18-26-37)43(39(32-56-28-35-21-13-8-14-22-35)60-47(40)62-63(5,6)48(2,3)4)61-46-41(51-52-49)44(57-29-36-23-15-9-16-24-36)42(54)38(59-46)31-55-27-34-19-11-7-12-20-34/h7-26,38-47,54H,27-32H2,1-6H3,(H,50,53)/t38-,39-,40-,41-,42-,43-,44-,45-,46+,47+/m1/s1. The van der Waals surface area contributed by atoms with Crippen molar-refractivity contribution in [2.24, 2.45) is 5.11 Å². The van der Waals surface area contributed by atoms with Crippen LogP contribution in [-0.2, 0) is 68.8 Å². The zero-order chi connectivity index (χ0) is 44.8. The number of ether oxygens (including phenoxy) is 7. The van der Waals surface area contributed by atoms with Gasteiger partial charge in [0, 0.05) is 11.8 Å². The minimum Gasteiger partial charge on any atom is -0.391 e. The summed E-state index contributed by atoms with van der Waals surface area (Å²) in [5.41, 5.74) is 13.6. The fourth-order valence-corrected chi connectivity index (χ4v) is 8.44. The summed E-state index contributed by atoms with van der Waals surface area (Å²) in [5, 5.41) is 18.9. The second-order valence-corrected chi connectivity index (χ2v) is 22.3. The Morgan fingerprint density at radius 3 is 1.60 bits per heavy atom. The zero-order valence-electron chi connectivity index (χ0n) is 37.0. The molecule has 2 heterocycles. The second kappa shape index (κ2) is 22.9. The van der Waals surface area contributed by atoms with Crippen molar-refractivity contribution in [2.45, 2.75) is 134 Å². The van der Waals surface area contributed by atoms with Crippen LogP contribution in [-0.4, -0.2) is 93.8 Å². The number of carbonyl (C=O) groups excluding carboxylic acids is 1. The number of benzene rings is 4. The molecule has 0 aliphatic carbocycles. The fourth-order valence-electron chi connectivity index (χ4n) is 7.31. The van der Waals surface area contributed by atoms with Gasteiger partial charge in [-0.3, -0.25) is 4.79 Å². The van der Waals surface area contributed by atoms with Crippen LogP contribution in [0.15, 0.2) is 126 Å². The number of rotatable bonds is 20. The molecule has 6 rings (SSSR count). The van der Waals surface area contributed by atoms with Crippen LogP contribution >= 0.6 is 0 Å². The highest BCUT2D eigenvalue weighted by Crippen LogP contribution is 2.41. The number of amides is 1. The van der Waals surface area contributed by atoms with Gasteiger partial charge in [-0.25, -0.2) is 0 Å². The van der Waals surface area contributed by atoms with E-state index in [0.717, 1.165) is 22.3 Å². The van der Waals surface area contributed by atoms with Crippen molar-refractivity contribution >= 4 is 14.2 Å². The van der Waals surface area contributed by atoms with E-state index in [2.05, 4.69) is 49.2 Å². The van der Waals surface area contributed by atoms with Crippen LogP contribution in [0, 0.1) is 0 Å². The van der Waals surface area contributed by atoms with Crippen LogP contribution < -0.4 is 5.32 Å². The highest BCUT2D eigenvalue weighted by molar-refractivity contribution is 6.74. The Bertz CT molecular complexity index is 2020. The van der Waals surface area contributed by atoms with Gasteiger partial charge in [0.2, 0.25) is 5.91 Å². The van der Waals surface area contributed by atoms with Crippen LogP contribution in [0.1, 0.15) is 49.9 Å². The molecule has 0 radical (unpaired) electrons. The highest BCUT2D eigenvalue weighted by atomic mass is 28.4. The van der Waals surface area contributed by atoms with Crippen LogP contribution in [0.25, 0.3) is 10.4 Å². The Morgan fingerprint density at radius 1 is 0.698 bits per heavy atom. The molecule has 15 heteroatoms. The average molecular weight is 883 g/mol. The Labute approximate surface area is 371 Å². The van der Waals surface area contributed by atoms with E-state index in [-0.39, 0.29) is 50.6 Å². The molecule has 14 nitrogen and oxygen atoms in total. The Kier molecular flexibility index (Phi) is 17.5. The van der Waals surface area contributed by atoms with E-state index >= 15 is 0 Å². The van der Waals surface area contributed by atoms with Crippen molar-refractivity contribution < 1.29 is 47.5 Å². The summed E-state index contributed by atoms with van der Waals surface area (Å²) in [4.78, 5) is 16.3. The van der Waals surface area contributed by atoms with Gasteiger partial charge in [-0.15, -0.1) is 0 Å². The lowest BCUT2D eigenvalue weighted by Gasteiger charge is -2.51. The first kappa shape index (κ1) is 48.0. The van der Waals surface area contributed by atoms with Gasteiger partial charge in [0.1, 0.15) is 42.6 Å². The summed E-state index contributed by atoms with van der Waals surface area (Å²) in [7, 11) is -2.55. The van der Waals surface area contributed by atoms with Gasteiger partial charge in [-0.05, 0) is 45.9 Å². The van der Waals surface area contributed by atoms with Gasteiger partial charge in [0.15, 0.2) is 20.9 Å². The van der Waals surface area contributed by atoms with Gasteiger partial charge in [-0.2, -0.15) is 0 Å². The minimum absolute atomic E-state index is 0.0218. The third kappa shape index (κ3) is 13.5. The molecule has 0 bridgehead atoms. The molecule has 0 saturated carbocycles. The SMILES string of the molecule is CC(=O)N[C@H]1[C@H](O[Si](C)(C)C(C)(C)C)O[C@H](COCc2ccccc2)[C@@H](O[C@@H]2O[C@H](COCc3ccccc3)[C@@H](O)[C@H](OCc3ccccc3)[C@H]2N=[N+]=[N-])[C@@H]1OCc1ccccc1. The van der Waals surface area contributed by atoms with E-state index in [1.165, 1.54) is 6.92 Å². The van der Waals surface area contributed by atoms with Gasteiger partial charge >= 0.3 is 0 Å². The van der Waals surface area contributed by atoms with Crippen molar-refractivity contribution in [1.82, 2.24) is 5.32 Å². The van der Waals surface area contributed by atoms with E-state index in [1.807, 2.05) is 121 Å². The molecule has 2 N–H and O–H groups in total. The van der Waals surface area contributed by atoms with Gasteiger partial charge in [-0.1, -0.05) is 147 Å². The molecule has 0 unspecified atom stereocenters. The molecule has 1 amide bonds. The number of aliphatic hydroxyl groups excluding tert-OH is 1. The maximum atomic E-state index is 13.1. The first-order valence-electron chi connectivity index (χ1n) is 21.5. The maximum absolute atomic E-state index is 13.1. The topological polar surface area (TPSA) is 172 Å².